The molecule has 2 rings (SSSR count). The number of rotatable bonds is 5. The summed E-state index contributed by atoms with van der Waals surface area (Å²) in [5, 5.41) is 14.4. The average Bonchev–Trinajstić information content (AvgIpc) is 2.81. The second kappa shape index (κ2) is 5.84. The van der Waals surface area contributed by atoms with E-state index in [1.54, 1.807) is 17.4 Å². The zero-order valence-corrected chi connectivity index (χ0v) is 11.7. The summed E-state index contributed by atoms with van der Waals surface area (Å²) in [5.41, 5.74) is 1.64. The van der Waals surface area contributed by atoms with Crippen LogP contribution in [0.3, 0.4) is 0 Å². The molecule has 0 bridgehead atoms. The van der Waals surface area contributed by atoms with Gasteiger partial charge in [0.2, 0.25) is 0 Å². The molecule has 4 nitrogen and oxygen atoms in total. The number of nitrogens with one attached hydrogen (secondary N) is 1. The number of carbonyl (C=O) groups is 1. The number of anilines is 1. The number of aromatic nitrogens is 1. The fraction of sp³-hybridized carbons (Fsp3) is 0.286. The quantitative estimate of drug-likeness (QED) is 0.880. The monoisotopic (exact) mass is 276 g/mol. The van der Waals surface area contributed by atoms with Gasteiger partial charge in [-0.15, -0.1) is 11.3 Å². The first-order valence-corrected chi connectivity index (χ1v) is 6.93. The molecule has 0 fully saturated rings. The summed E-state index contributed by atoms with van der Waals surface area (Å²) in [7, 11) is 0. The van der Waals surface area contributed by atoms with Gasteiger partial charge in [0.25, 0.3) is 0 Å². The summed E-state index contributed by atoms with van der Waals surface area (Å²) in [6.07, 6.45) is 2.27. The Morgan fingerprint density at radius 1 is 1.58 bits per heavy atom. The summed E-state index contributed by atoms with van der Waals surface area (Å²) in [6.45, 7) is 3.89. The summed E-state index contributed by atoms with van der Waals surface area (Å²) < 4.78 is 0. The Morgan fingerprint density at radius 2 is 2.37 bits per heavy atom. The third-order valence-corrected chi connectivity index (χ3v) is 3.66. The molecule has 1 atom stereocenters. The maximum atomic E-state index is 11.2. The smallest absolute Gasteiger partial charge is 0.339 e. The van der Waals surface area contributed by atoms with Crippen LogP contribution in [0.4, 0.5) is 5.69 Å². The van der Waals surface area contributed by atoms with Crippen LogP contribution in [0, 0.1) is 6.92 Å². The van der Waals surface area contributed by atoms with Crippen molar-refractivity contribution < 1.29 is 9.90 Å². The van der Waals surface area contributed by atoms with Crippen molar-refractivity contribution in [3.8, 4) is 0 Å². The SMILES string of the molecule is Cc1cc(NC(C)Cc2cccs2)c(C(=O)O)cn1. The number of aryl methyl sites for hydroxylation is 1. The molecule has 0 aliphatic carbocycles. The first-order chi connectivity index (χ1) is 9.06. The van der Waals surface area contributed by atoms with E-state index in [1.165, 1.54) is 11.1 Å². The van der Waals surface area contributed by atoms with Crippen molar-refractivity contribution in [1.82, 2.24) is 4.98 Å². The third-order valence-electron chi connectivity index (χ3n) is 2.76. The van der Waals surface area contributed by atoms with Crippen molar-refractivity contribution in [2.24, 2.45) is 0 Å². The van der Waals surface area contributed by atoms with Gasteiger partial charge >= 0.3 is 5.97 Å². The molecule has 2 heterocycles. The standard InChI is InChI=1S/C14H16N2O2S/c1-9-7-13(12(8-15-9)14(17)18)16-10(2)6-11-4-3-5-19-11/h3-5,7-8,10H,6H2,1-2H3,(H,15,16)(H,17,18). The van der Waals surface area contributed by atoms with Crippen LogP contribution in [0.15, 0.2) is 29.8 Å². The van der Waals surface area contributed by atoms with Gasteiger partial charge in [-0.25, -0.2) is 4.79 Å². The first kappa shape index (κ1) is 13.5. The average molecular weight is 276 g/mol. The Balaban J connectivity index is 2.13. The molecule has 100 valence electrons. The Morgan fingerprint density at radius 3 is 3.00 bits per heavy atom. The molecule has 2 aromatic heterocycles. The minimum atomic E-state index is -0.960. The van der Waals surface area contributed by atoms with E-state index in [-0.39, 0.29) is 11.6 Å². The number of carboxylic acids is 1. The van der Waals surface area contributed by atoms with Crippen molar-refractivity contribution in [1.29, 1.82) is 0 Å². The molecule has 1 unspecified atom stereocenters. The fourth-order valence-electron chi connectivity index (χ4n) is 1.90. The lowest BCUT2D eigenvalue weighted by molar-refractivity contribution is 0.0697. The zero-order chi connectivity index (χ0) is 13.8. The van der Waals surface area contributed by atoms with Gasteiger partial charge in [-0.2, -0.15) is 0 Å². The molecular formula is C14H16N2O2S. The Kier molecular flexibility index (Phi) is 4.16. The van der Waals surface area contributed by atoms with E-state index in [0.29, 0.717) is 5.69 Å². The number of thiophene rings is 1. The molecule has 2 aromatic rings. The van der Waals surface area contributed by atoms with E-state index < -0.39 is 5.97 Å². The molecule has 0 radical (unpaired) electrons. The van der Waals surface area contributed by atoms with Crippen molar-refractivity contribution in [3.63, 3.8) is 0 Å². The zero-order valence-electron chi connectivity index (χ0n) is 10.9. The van der Waals surface area contributed by atoms with Gasteiger partial charge in [0.1, 0.15) is 5.56 Å². The van der Waals surface area contributed by atoms with Gasteiger partial charge in [-0.1, -0.05) is 6.07 Å². The van der Waals surface area contributed by atoms with E-state index in [9.17, 15) is 4.79 Å². The van der Waals surface area contributed by atoms with Crippen molar-refractivity contribution in [3.05, 3.63) is 45.9 Å². The molecule has 19 heavy (non-hydrogen) atoms. The van der Waals surface area contributed by atoms with Crippen molar-refractivity contribution in [2.75, 3.05) is 5.32 Å². The second-order valence-corrected chi connectivity index (χ2v) is 5.54. The molecule has 0 aliphatic rings. The topological polar surface area (TPSA) is 62.2 Å². The number of nitrogens with zero attached hydrogens (tertiary/aromatic N) is 1. The molecule has 0 saturated heterocycles. The predicted octanol–water partition coefficient (Wildman–Crippen LogP) is 3.19. The Bertz CT molecular complexity index is 567. The molecule has 2 N–H and O–H groups in total. The predicted molar refractivity (Wildman–Crippen MR) is 77.0 cm³/mol. The lowest BCUT2D eigenvalue weighted by atomic mass is 10.1. The van der Waals surface area contributed by atoms with Gasteiger partial charge in [0.05, 0.1) is 5.69 Å². The molecule has 0 amide bonds. The second-order valence-electron chi connectivity index (χ2n) is 4.51. The molecule has 5 heteroatoms. The maximum absolute atomic E-state index is 11.2. The van der Waals surface area contributed by atoms with E-state index in [2.05, 4.69) is 16.4 Å². The van der Waals surface area contributed by atoms with Crippen LogP contribution in [0.5, 0.6) is 0 Å². The van der Waals surface area contributed by atoms with E-state index >= 15 is 0 Å². The van der Waals surface area contributed by atoms with Crippen molar-refractivity contribution >= 4 is 23.0 Å². The van der Waals surface area contributed by atoms with Gasteiger partial charge in [-0.3, -0.25) is 4.98 Å². The number of hydrogen-bond donors (Lipinski definition) is 2. The summed E-state index contributed by atoms with van der Waals surface area (Å²) in [4.78, 5) is 16.5. The molecule has 0 aliphatic heterocycles. The van der Waals surface area contributed by atoms with Crippen LogP contribution >= 0.6 is 11.3 Å². The molecule has 0 saturated carbocycles. The minimum absolute atomic E-state index is 0.165. The van der Waals surface area contributed by atoms with Crippen LogP contribution < -0.4 is 5.32 Å². The highest BCUT2D eigenvalue weighted by Crippen LogP contribution is 2.19. The van der Waals surface area contributed by atoms with Gasteiger partial charge in [0, 0.05) is 29.2 Å². The van der Waals surface area contributed by atoms with Crippen LogP contribution in [0.25, 0.3) is 0 Å². The molecule has 0 spiro atoms. The molecular weight excluding hydrogens is 260 g/mol. The summed E-state index contributed by atoms with van der Waals surface area (Å²) in [6, 6.07) is 6.04. The first-order valence-electron chi connectivity index (χ1n) is 6.05. The Labute approximate surface area is 116 Å². The van der Waals surface area contributed by atoms with Crippen molar-refractivity contribution in [2.45, 2.75) is 26.3 Å². The third kappa shape index (κ3) is 3.54. The largest absolute Gasteiger partial charge is 0.478 e. The van der Waals surface area contributed by atoms with Crippen LogP contribution in [-0.4, -0.2) is 22.1 Å². The summed E-state index contributed by atoms with van der Waals surface area (Å²) in [5.74, 6) is -0.960. The van der Waals surface area contributed by atoms with E-state index in [0.717, 1.165) is 12.1 Å². The number of carboxylic acid groups (broad SMARTS) is 1. The van der Waals surface area contributed by atoms with E-state index in [4.69, 9.17) is 5.11 Å². The van der Waals surface area contributed by atoms with Gasteiger partial charge in [-0.05, 0) is 31.4 Å². The highest BCUT2D eigenvalue weighted by Gasteiger charge is 2.13. The Hall–Kier alpha value is -1.88. The van der Waals surface area contributed by atoms with Crippen LogP contribution in [0.2, 0.25) is 0 Å². The molecule has 0 aromatic carbocycles. The van der Waals surface area contributed by atoms with Crippen LogP contribution in [0.1, 0.15) is 27.9 Å². The number of hydrogen-bond acceptors (Lipinski definition) is 4. The number of pyridine rings is 1. The van der Waals surface area contributed by atoms with Crippen LogP contribution in [-0.2, 0) is 6.42 Å². The maximum Gasteiger partial charge on any atom is 0.339 e. The van der Waals surface area contributed by atoms with E-state index in [1.807, 2.05) is 25.3 Å². The number of aromatic carboxylic acids is 1. The van der Waals surface area contributed by atoms with Gasteiger partial charge < -0.3 is 10.4 Å². The normalized spacial score (nSPS) is 12.1. The minimum Gasteiger partial charge on any atom is -0.478 e. The summed E-state index contributed by atoms with van der Waals surface area (Å²) >= 11 is 1.71. The highest BCUT2D eigenvalue weighted by molar-refractivity contribution is 7.09. The fourth-order valence-corrected chi connectivity index (χ4v) is 2.73. The highest BCUT2D eigenvalue weighted by atomic mass is 32.1. The lowest BCUT2D eigenvalue weighted by Crippen LogP contribution is -2.19. The van der Waals surface area contributed by atoms with Gasteiger partial charge in [0.15, 0.2) is 0 Å². The lowest BCUT2D eigenvalue weighted by Gasteiger charge is -2.16.